The molecule has 0 aromatic heterocycles. The fraction of sp³-hybridized carbons (Fsp3) is 0.923. The highest BCUT2D eigenvalue weighted by Gasteiger charge is 2.34. The smallest absolute Gasteiger partial charge is 0.350 e. The van der Waals surface area contributed by atoms with Gasteiger partial charge in [-0.15, -0.1) is 12.4 Å². The third kappa shape index (κ3) is 6.13. The lowest BCUT2D eigenvalue weighted by Gasteiger charge is -2.31. The van der Waals surface area contributed by atoms with Crippen LogP contribution in [0.5, 0.6) is 0 Å². The molecule has 138 valence electrons. The topological polar surface area (TPSA) is 92.5 Å². The highest BCUT2D eigenvalue weighted by Crippen LogP contribution is 2.22. The maximum atomic E-state index is 12.4. The number of hydrogen-bond acceptors (Lipinski definition) is 4. The summed E-state index contributed by atoms with van der Waals surface area (Å²) in [6.07, 6.45) is 1.70. The van der Waals surface area contributed by atoms with Crippen LogP contribution in [-0.2, 0) is 14.8 Å². The normalized spacial score (nSPS) is 19.9. The Kier molecular flexibility index (Phi) is 9.49. The summed E-state index contributed by atoms with van der Waals surface area (Å²) in [7, 11) is -4.49. The second-order valence-electron chi connectivity index (χ2n) is 5.80. The van der Waals surface area contributed by atoms with E-state index >= 15 is 0 Å². The molecule has 6 nitrogen and oxygen atoms in total. The Morgan fingerprint density at radius 2 is 1.87 bits per heavy atom. The van der Waals surface area contributed by atoms with Crippen LogP contribution in [0.1, 0.15) is 33.1 Å². The number of rotatable bonds is 7. The van der Waals surface area contributed by atoms with Crippen LogP contribution in [0.4, 0.5) is 8.78 Å². The van der Waals surface area contributed by atoms with Gasteiger partial charge in [0, 0.05) is 19.6 Å². The highest BCUT2D eigenvalue weighted by atomic mass is 35.5. The molecule has 0 radical (unpaired) electrons. The summed E-state index contributed by atoms with van der Waals surface area (Å²) in [6.45, 7) is 4.37. The van der Waals surface area contributed by atoms with Crippen molar-refractivity contribution in [1.82, 2.24) is 9.62 Å². The van der Waals surface area contributed by atoms with Crippen molar-refractivity contribution in [2.45, 2.75) is 44.9 Å². The number of hydrogen-bond donors (Lipinski definition) is 2. The number of carbonyl (C=O) groups excluding carboxylic acids is 1. The van der Waals surface area contributed by atoms with Gasteiger partial charge in [0.1, 0.15) is 0 Å². The molecular formula is C13H26ClF2N3O3S. The van der Waals surface area contributed by atoms with E-state index in [4.69, 9.17) is 5.73 Å². The lowest BCUT2D eigenvalue weighted by Crippen LogP contribution is -2.47. The van der Waals surface area contributed by atoms with Gasteiger partial charge in [0.25, 0.3) is 10.0 Å². The zero-order chi connectivity index (χ0) is 16.9. The van der Waals surface area contributed by atoms with Crippen LogP contribution < -0.4 is 11.1 Å². The van der Waals surface area contributed by atoms with Crippen LogP contribution in [0.15, 0.2) is 0 Å². The van der Waals surface area contributed by atoms with Crippen molar-refractivity contribution < 1.29 is 22.0 Å². The number of halogens is 3. The fourth-order valence-corrected chi connectivity index (χ4v) is 3.30. The van der Waals surface area contributed by atoms with Gasteiger partial charge < -0.3 is 11.1 Å². The Morgan fingerprint density at radius 1 is 1.35 bits per heavy atom. The van der Waals surface area contributed by atoms with Gasteiger partial charge in [-0.25, -0.2) is 8.42 Å². The zero-order valence-electron chi connectivity index (χ0n) is 13.4. The first kappa shape index (κ1) is 22.5. The molecule has 2 unspecified atom stereocenters. The van der Waals surface area contributed by atoms with Crippen molar-refractivity contribution >= 4 is 28.3 Å². The number of alkyl halides is 2. The summed E-state index contributed by atoms with van der Waals surface area (Å²) < 4.78 is 48.4. The molecule has 1 saturated heterocycles. The Balaban J connectivity index is 0.00000484. The highest BCUT2D eigenvalue weighted by molar-refractivity contribution is 7.89. The molecule has 1 fully saturated rings. The molecule has 1 rings (SSSR count). The van der Waals surface area contributed by atoms with Crippen LogP contribution >= 0.6 is 12.4 Å². The van der Waals surface area contributed by atoms with E-state index in [0.29, 0.717) is 19.4 Å². The van der Waals surface area contributed by atoms with E-state index in [0.717, 1.165) is 10.7 Å². The largest absolute Gasteiger partial charge is 0.354 e. The summed E-state index contributed by atoms with van der Waals surface area (Å²) in [6, 6.07) is -0.565. The standard InChI is InChI=1S/C13H25F2N3O3S.ClH/c1-3-9(2)11(16)12(19)17-8-10-4-6-18(7-5-10)22(20,21)13(14)15;/h9-11,13H,3-8,16H2,1-2H3,(H,17,19);1H. The second kappa shape index (κ2) is 9.71. The molecule has 0 aliphatic carbocycles. The molecule has 10 heteroatoms. The monoisotopic (exact) mass is 377 g/mol. The Morgan fingerprint density at radius 3 is 2.30 bits per heavy atom. The first-order valence-electron chi connectivity index (χ1n) is 7.50. The average molecular weight is 378 g/mol. The summed E-state index contributed by atoms with van der Waals surface area (Å²) in [5.41, 5.74) is 5.82. The third-order valence-electron chi connectivity index (χ3n) is 4.28. The van der Waals surface area contributed by atoms with Gasteiger partial charge in [-0.1, -0.05) is 20.3 Å². The van der Waals surface area contributed by atoms with Crippen LogP contribution in [0.25, 0.3) is 0 Å². The maximum absolute atomic E-state index is 12.4. The Bertz CT molecular complexity index is 471. The van der Waals surface area contributed by atoms with E-state index in [2.05, 4.69) is 5.32 Å². The van der Waals surface area contributed by atoms with Crippen molar-refractivity contribution in [2.75, 3.05) is 19.6 Å². The summed E-state index contributed by atoms with van der Waals surface area (Å²) in [5.74, 6) is -3.44. The Labute approximate surface area is 142 Å². The fourth-order valence-electron chi connectivity index (χ4n) is 2.36. The predicted molar refractivity (Wildman–Crippen MR) is 86.9 cm³/mol. The van der Waals surface area contributed by atoms with Gasteiger partial charge in [0.2, 0.25) is 5.91 Å². The van der Waals surface area contributed by atoms with Crippen molar-refractivity contribution in [2.24, 2.45) is 17.6 Å². The number of amides is 1. The number of nitrogens with one attached hydrogen (secondary N) is 1. The van der Waals surface area contributed by atoms with Gasteiger partial charge in [-0.2, -0.15) is 13.1 Å². The van der Waals surface area contributed by atoms with Gasteiger partial charge in [-0.3, -0.25) is 4.79 Å². The average Bonchev–Trinajstić information content (AvgIpc) is 2.51. The van der Waals surface area contributed by atoms with E-state index in [-0.39, 0.29) is 43.2 Å². The summed E-state index contributed by atoms with van der Waals surface area (Å²) in [5, 5.41) is 2.76. The van der Waals surface area contributed by atoms with Crippen molar-refractivity contribution in [1.29, 1.82) is 0 Å². The molecule has 0 aromatic carbocycles. The quantitative estimate of drug-likeness (QED) is 0.696. The molecule has 23 heavy (non-hydrogen) atoms. The minimum absolute atomic E-state index is 0. The number of piperidine rings is 1. The van der Waals surface area contributed by atoms with Crippen molar-refractivity contribution in [3.63, 3.8) is 0 Å². The maximum Gasteiger partial charge on any atom is 0.350 e. The molecule has 2 atom stereocenters. The zero-order valence-corrected chi connectivity index (χ0v) is 15.0. The van der Waals surface area contributed by atoms with E-state index in [1.54, 1.807) is 0 Å². The Hall–Kier alpha value is -0.510. The number of carbonyl (C=O) groups is 1. The molecule has 1 aliphatic heterocycles. The van der Waals surface area contributed by atoms with Crippen LogP contribution in [0.3, 0.4) is 0 Å². The molecule has 3 N–H and O–H groups in total. The molecule has 1 amide bonds. The number of sulfonamides is 1. The molecular weight excluding hydrogens is 352 g/mol. The van der Waals surface area contributed by atoms with Gasteiger partial charge >= 0.3 is 5.76 Å². The van der Waals surface area contributed by atoms with E-state index in [1.165, 1.54) is 0 Å². The molecule has 0 saturated carbocycles. The van der Waals surface area contributed by atoms with E-state index in [9.17, 15) is 22.0 Å². The van der Waals surface area contributed by atoms with Gasteiger partial charge in [0.15, 0.2) is 0 Å². The summed E-state index contributed by atoms with van der Waals surface area (Å²) >= 11 is 0. The molecule has 1 aliphatic rings. The lowest BCUT2D eigenvalue weighted by molar-refractivity contribution is -0.123. The summed E-state index contributed by atoms with van der Waals surface area (Å²) in [4.78, 5) is 11.9. The molecule has 0 aromatic rings. The molecule has 0 spiro atoms. The second-order valence-corrected chi connectivity index (χ2v) is 7.71. The third-order valence-corrected chi connectivity index (χ3v) is 5.82. The molecule has 0 bridgehead atoms. The predicted octanol–water partition coefficient (Wildman–Crippen LogP) is 1.16. The molecule has 1 heterocycles. The van der Waals surface area contributed by atoms with Gasteiger partial charge in [0.05, 0.1) is 6.04 Å². The minimum atomic E-state index is -4.49. The number of nitrogens with zero attached hydrogens (tertiary/aromatic N) is 1. The van der Waals surface area contributed by atoms with Gasteiger partial charge in [-0.05, 0) is 24.7 Å². The minimum Gasteiger partial charge on any atom is -0.354 e. The van der Waals surface area contributed by atoms with Crippen molar-refractivity contribution in [3.8, 4) is 0 Å². The first-order valence-corrected chi connectivity index (χ1v) is 9.00. The lowest BCUT2D eigenvalue weighted by atomic mass is 9.96. The number of nitrogens with two attached hydrogens (primary N) is 1. The SMILES string of the molecule is CCC(C)C(N)C(=O)NCC1CCN(S(=O)(=O)C(F)F)CC1.Cl. The van der Waals surface area contributed by atoms with Crippen molar-refractivity contribution in [3.05, 3.63) is 0 Å². The van der Waals surface area contributed by atoms with Crippen LogP contribution in [0, 0.1) is 11.8 Å². The van der Waals surface area contributed by atoms with Crippen LogP contribution in [-0.4, -0.2) is 50.1 Å². The first-order chi connectivity index (χ1) is 10.2. The van der Waals surface area contributed by atoms with E-state index in [1.807, 2.05) is 13.8 Å². The van der Waals surface area contributed by atoms with E-state index < -0.39 is 21.8 Å². The van der Waals surface area contributed by atoms with Crippen LogP contribution in [0.2, 0.25) is 0 Å².